The zero-order valence-electron chi connectivity index (χ0n) is 21.1. The molecule has 0 saturated heterocycles. The van der Waals surface area contributed by atoms with E-state index in [9.17, 15) is 5.11 Å². The molecular weight excluding hydrogens is 416 g/mol. The predicted octanol–water partition coefficient (Wildman–Crippen LogP) is 8.50. The zero-order chi connectivity index (χ0) is 22.6. The number of aliphatic hydroxyl groups excluding tert-OH is 1. The Hall–Kier alpha value is -0.163. The molecule has 0 aromatic carbocycles. The predicted molar refractivity (Wildman–Crippen MR) is 137 cm³/mol. The van der Waals surface area contributed by atoms with Crippen molar-refractivity contribution in [1.29, 1.82) is 0 Å². The lowest BCUT2D eigenvalue weighted by molar-refractivity contribution is -0.0205. The first-order valence-electron chi connectivity index (χ1n) is 13.2. The summed E-state index contributed by atoms with van der Waals surface area (Å²) in [4.78, 5) is 1.14. The molecule has 1 aromatic heterocycles. The maximum atomic E-state index is 10.6. The minimum atomic E-state index is -1.54. The lowest BCUT2D eigenvalue weighted by Gasteiger charge is -2.49. The van der Waals surface area contributed by atoms with E-state index in [0.717, 1.165) is 35.5 Å². The van der Waals surface area contributed by atoms with Crippen molar-refractivity contribution >= 4 is 19.7 Å². The molecule has 6 atom stereocenters. The molecule has 2 saturated carbocycles. The van der Waals surface area contributed by atoms with Crippen molar-refractivity contribution < 1.29 is 9.53 Å². The summed E-state index contributed by atoms with van der Waals surface area (Å²) < 4.78 is 7.10. The maximum Gasteiger partial charge on any atom is 0.192 e. The van der Waals surface area contributed by atoms with Gasteiger partial charge in [0.2, 0.25) is 0 Å². The molecule has 4 heteroatoms. The van der Waals surface area contributed by atoms with Crippen molar-refractivity contribution in [3.63, 3.8) is 0 Å². The molecule has 2 aliphatic rings. The van der Waals surface area contributed by atoms with Gasteiger partial charge in [0, 0.05) is 11.0 Å². The molecule has 1 aromatic rings. The summed E-state index contributed by atoms with van der Waals surface area (Å²) in [5.41, 5.74) is 1.73. The van der Waals surface area contributed by atoms with Crippen LogP contribution in [0.15, 0.2) is 11.4 Å². The van der Waals surface area contributed by atoms with Gasteiger partial charge in [0.1, 0.15) is 0 Å². The maximum absolute atomic E-state index is 10.6. The number of aryl methyl sites for hydroxylation is 1. The molecule has 0 bridgehead atoms. The molecule has 0 amide bonds. The summed E-state index contributed by atoms with van der Waals surface area (Å²) >= 11 is 1.71. The van der Waals surface area contributed by atoms with Crippen LogP contribution in [0.2, 0.25) is 18.1 Å². The molecule has 1 heterocycles. The molecule has 2 unspecified atom stereocenters. The highest BCUT2D eigenvalue weighted by molar-refractivity contribution is 7.10. The number of aliphatic hydroxyl groups is 1. The van der Waals surface area contributed by atoms with Crippen LogP contribution in [-0.4, -0.2) is 19.5 Å². The summed E-state index contributed by atoms with van der Waals surface area (Å²) in [6.45, 7) is 14.3. The van der Waals surface area contributed by atoms with Crippen molar-refractivity contribution in [2.75, 3.05) is 0 Å². The molecule has 2 fully saturated rings. The summed E-state index contributed by atoms with van der Waals surface area (Å²) in [5, 5.41) is 12.7. The smallest absolute Gasteiger partial charge is 0.192 e. The van der Waals surface area contributed by atoms with Crippen LogP contribution in [0.1, 0.15) is 103 Å². The van der Waals surface area contributed by atoms with Gasteiger partial charge in [0.25, 0.3) is 0 Å². The van der Waals surface area contributed by atoms with E-state index in [0.29, 0.717) is 11.5 Å². The zero-order valence-corrected chi connectivity index (χ0v) is 22.9. The number of thiophene rings is 1. The number of rotatable bonds is 11. The van der Waals surface area contributed by atoms with Gasteiger partial charge in [-0.3, -0.25) is 0 Å². The lowest BCUT2D eigenvalue weighted by atomic mass is 9.61. The molecule has 2 nitrogen and oxygen atoms in total. The van der Waals surface area contributed by atoms with Gasteiger partial charge in [-0.25, -0.2) is 0 Å². The second-order valence-corrected chi connectivity index (χ2v) is 16.7. The van der Waals surface area contributed by atoms with E-state index in [1.165, 1.54) is 62.2 Å². The van der Waals surface area contributed by atoms with Crippen LogP contribution >= 0.6 is 11.3 Å². The van der Waals surface area contributed by atoms with Crippen LogP contribution in [0.4, 0.5) is 0 Å². The Morgan fingerprint density at radius 1 is 1.16 bits per heavy atom. The third-order valence-corrected chi connectivity index (χ3v) is 15.2. The Kier molecular flexibility index (Phi) is 8.90. The average molecular weight is 465 g/mol. The number of hydrogen-bond donors (Lipinski definition) is 1. The van der Waals surface area contributed by atoms with E-state index in [4.69, 9.17) is 4.43 Å². The van der Waals surface area contributed by atoms with Gasteiger partial charge in [0.15, 0.2) is 8.32 Å². The van der Waals surface area contributed by atoms with Gasteiger partial charge in [-0.05, 0) is 97.3 Å². The van der Waals surface area contributed by atoms with Gasteiger partial charge in [0.05, 0.1) is 6.10 Å². The molecule has 2 aliphatic carbocycles. The second-order valence-electron chi connectivity index (χ2n) is 11.0. The average Bonchev–Trinajstić information content (AvgIpc) is 3.35. The number of fused-ring (bicyclic) bond motifs is 1. The standard InChI is InChI=1S/C27H48O2SSi/c1-7-31(8-2,9-3)29-25-14-11-17-27(6)22(15-16-23(25)27)21(5)12-10-13-24(28)26-18-20(4)19-30-26/h18-19,21-25,28H,7-17H2,1-6H3/t21-,22-,23+,24?,25?,27-/m1/s1. The Bertz CT molecular complexity index is 676. The van der Waals surface area contributed by atoms with E-state index in [-0.39, 0.29) is 6.10 Å². The molecular formula is C27H48O2SSi. The fraction of sp³-hybridized carbons (Fsp3) is 0.852. The Labute approximate surface area is 197 Å². The first-order valence-corrected chi connectivity index (χ1v) is 16.6. The largest absolute Gasteiger partial charge is 0.414 e. The molecule has 0 aliphatic heterocycles. The highest BCUT2D eigenvalue weighted by Gasteiger charge is 2.53. The van der Waals surface area contributed by atoms with Gasteiger partial charge in [-0.1, -0.05) is 53.9 Å². The van der Waals surface area contributed by atoms with Crippen molar-refractivity contribution in [3.8, 4) is 0 Å². The fourth-order valence-electron chi connectivity index (χ4n) is 7.16. The Morgan fingerprint density at radius 2 is 1.87 bits per heavy atom. The monoisotopic (exact) mass is 464 g/mol. The van der Waals surface area contributed by atoms with Crippen LogP contribution in [0.3, 0.4) is 0 Å². The van der Waals surface area contributed by atoms with Crippen LogP contribution < -0.4 is 0 Å². The lowest BCUT2D eigenvalue weighted by Crippen LogP contribution is -2.48. The topological polar surface area (TPSA) is 29.5 Å². The molecule has 31 heavy (non-hydrogen) atoms. The van der Waals surface area contributed by atoms with E-state index >= 15 is 0 Å². The highest BCUT2D eigenvalue weighted by Crippen LogP contribution is 2.59. The molecule has 0 radical (unpaired) electrons. The summed E-state index contributed by atoms with van der Waals surface area (Å²) in [6, 6.07) is 5.96. The van der Waals surface area contributed by atoms with E-state index in [2.05, 4.69) is 53.0 Å². The van der Waals surface area contributed by atoms with Crippen molar-refractivity contribution in [2.24, 2.45) is 23.2 Å². The van der Waals surface area contributed by atoms with Gasteiger partial charge < -0.3 is 9.53 Å². The van der Waals surface area contributed by atoms with Crippen LogP contribution in [-0.2, 0) is 4.43 Å². The molecule has 1 N–H and O–H groups in total. The summed E-state index contributed by atoms with van der Waals surface area (Å²) in [6.07, 6.45) is 10.3. The van der Waals surface area contributed by atoms with Gasteiger partial charge >= 0.3 is 0 Å². The van der Waals surface area contributed by atoms with E-state index in [1.807, 2.05) is 0 Å². The fourth-order valence-corrected chi connectivity index (χ4v) is 11.0. The van der Waals surface area contributed by atoms with Crippen LogP contribution in [0.5, 0.6) is 0 Å². The Morgan fingerprint density at radius 3 is 2.48 bits per heavy atom. The van der Waals surface area contributed by atoms with E-state index < -0.39 is 8.32 Å². The van der Waals surface area contributed by atoms with Crippen LogP contribution in [0.25, 0.3) is 0 Å². The van der Waals surface area contributed by atoms with Crippen LogP contribution in [0, 0.1) is 30.1 Å². The first kappa shape index (κ1) is 25.5. The summed E-state index contributed by atoms with van der Waals surface area (Å²) in [7, 11) is -1.54. The van der Waals surface area contributed by atoms with Gasteiger partial charge in [-0.15, -0.1) is 11.3 Å². The van der Waals surface area contributed by atoms with Crippen molar-refractivity contribution in [3.05, 3.63) is 21.9 Å². The Balaban J connectivity index is 1.58. The number of hydrogen-bond acceptors (Lipinski definition) is 3. The molecule has 3 rings (SSSR count). The third kappa shape index (κ3) is 5.50. The van der Waals surface area contributed by atoms with Crippen molar-refractivity contribution in [1.82, 2.24) is 0 Å². The highest BCUT2D eigenvalue weighted by atomic mass is 32.1. The third-order valence-electron chi connectivity index (χ3n) is 9.37. The molecule has 178 valence electrons. The van der Waals surface area contributed by atoms with E-state index in [1.54, 1.807) is 11.3 Å². The first-order chi connectivity index (χ1) is 14.8. The summed E-state index contributed by atoms with van der Waals surface area (Å²) in [5.74, 6) is 2.34. The van der Waals surface area contributed by atoms with Crippen molar-refractivity contribution in [2.45, 2.75) is 123 Å². The second kappa shape index (κ2) is 10.8. The minimum absolute atomic E-state index is 0.277. The quantitative estimate of drug-likeness (QED) is 0.333. The molecule has 0 spiro atoms. The normalized spacial score (nSPS) is 30.9. The SMILES string of the molecule is CC[Si](CC)(CC)OC1CCC[C@]2(C)[C@@H]([C@H](C)CCCC(O)c3cc(C)cs3)CC[C@@H]12. The van der Waals surface area contributed by atoms with Gasteiger partial charge in [-0.2, -0.15) is 0 Å². The minimum Gasteiger partial charge on any atom is -0.414 e.